The number of ether oxygens (including phenoxy) is 3. The largest absolute Gasteiger partial charge is 0.348 e. The highest BCUT2D eigenvalue weighted by Gasteiger charge is 2.35. The fourth-order valence-electron chi connectivity index (χ4n) is 4.40. The van der Waals surface area contributed by atoms with Crippen molar-refractivity contribution in [3.05, 3.63) is 132 Å². The van der Waals surface area contributed by atoms with Crippen LogP contribution in [0.5, 0.6) is 0 Å². The molecule has 6 N–H and O–H groups in total. The van der Waals surface area contributed by atoms with Crippen LogP contribution in [0.1, 0.15) is 11.1 Å². The molecule has 1 aliphatic heterocycles. The van der Waals surface area contributed by atoms with E-state index in [4.69, 9.17) is 34.8 Å². The maximum absolute atomic E-state index is 10.4. The van der Waals surface area contributed by atoms with Gasteiger partial charge in [0.1, 0.15) is 25.8 Å². The minimum atomic E-state index is -4.00. The summed E-state index contributed by atoms with van der Waals surface area (Å²) >= 11 is 0. The van der Waals surface area contributed by atoms with Gasteiger partial charge in [0.05, 0.1) is 9.79 Å². The van der Waals surface area contributed by atoms with Crippen LogP contribution in [-0.4, -0.2) is 63.8 Å². The lowest BCUT2D eigenvalue weighted by Gasteiger charge is -2.32. The maximum atomic E-state index is 10.4. The summed E-state index contributed by atoms with van der Waals surface area (Å²) in [5.41, 5.74) is 15.2. The number of rotatable bonds is 8. The van der Waals surface area contributed by atoms with E-state index in [0.29, 0.717) is 12.8 Å². The second kappa shape index (κ2) is 17.8. The van der Waals surface area contributed by atoms with E-state index in [2.05, 4.69) is 24.3 Å². The average Bonchev–Trinajstić information content (AvgIpc) is 3.30. The van der Waals surface area contributed by atoms with Crippen LogP contribution >= 0.6 is 0 Å². The topological polar surface area (TPSA) is 188 Å². The van der Waals surface area contributed by atoms with Crippen LogP contribution in [0.25, 0.3) is 0 Å². The van der Waals surface area contributed by atoms with Gasteiger partial charge in [0.25, 0.3) is 20.2 Å². The molecule has 11 nitrogen and oxygen atoms in total. The van der Waals surface area contributed by atoms with Crippen molar-refractivity contribution < 1.29 is 40.2 Å². The van der Waals surface area contributed by atoms with Crippen molar-refractivity contribution >= 4 is 20.2 Å². The van der Waals surface area contributed by atoms with Crippen molar-refractivity contribution in [3.8, 4) is 0 Å². The summed E-state index contributed by atoms with van der Waals surface area (Å²) in [5, 5.41) is 0. The van der Waals surface area contributed by atoms with Crippen molar-refractivity contribution in [2.45, 2.75) is 46.9 Å². The Morgan fingerprint density at radius 2 is 0.844 bits per heavy atom. The van der Waals surface area contributed by atoms with Crippen molar-refractivity contribution in [1.82, 2.24) is 0 Å². The molecule has 1 heterocycles. The number of hydrogen-bond acceptors (Lipinski definition) is 9. The van der Waals surface area contributed by atoms with E-state index in [-0.39, 0.29) is 47.7 Å². The van der Waals surface area contributed by atoms with Gasteiger partial charge < -0.3 is 25.7 Å². The zero-order valence-corrected chi connectivity index (χ0v) is 26.0. The highest BCUT2D eigenvalue weighted by Crippen LogP contribution is 2.19. The Balaban J connectivity index is 0.000000226. The Hall–Kier alpha value is -3.50. The Bertz CT molecular complexity index is 1490. The summed E-state index contributed by atoms with van der Waals surface area (Å²) in [7, 11) is -8.01. The lowest BCUT2D eigenvalue weighted by molar-refractivity contribution is -0.0903. The predicted octanol–water partition coefficient (Wildman–Crippen LogP) is 3.71. The van der Waals surface area contributed by atoms with Crippen molar-refractivity contribution in [1.29, 1.82) is 0 Å². The molecular weight excluding hydrogens is 620 g/mol. The molecular formula is C32H38N2O9S2. The first kappa shape index (κ1) is 36.0. The zero-order chi connectivity index (χ0) is 32.7. The van der Waals surface area contributed by atoms with Crippen LogP contribution in [-0.2, 0) is 47.3 Å². The van der Waals surface area contributed by atoms with Crippen LogP contribution in [0.3, 0.4) is 0 Å². The van der Waals surface area contributed by atoms with Gasteiger partial charge >= 0.3 is 0 Å². The van der Waals surface area contributed by atoms with Crippen molar-refractivity contribution in [2.24, 2.45) is 11.5 Å². The van der Waals surface area contributed by atoms with E-state index in [1.54, 1.807) is 36.4 Å². The van der Waals surface area contributed by atoms with E-state index < -0.39 is 20.2 Å². The molecule has 4 aromatic rings. The molecule has 0 saturated carbocycles. The van der Waals surface area contributed by atoms with Crippen molar-refractivity contribution in [2.75, 3.05) is 13.6 Å². The molecule has 1 fully saturated rings. The molecule has 0 radical (unpaired) electrons. The molecule has 0 aliphatic carbocycles. The zero-order valence-electron chi connectivity index (χ0n) is 24.4. The third-order valence-electron chi connectivity index (χ3n) is 6.57. The molecule has 2 unspecified atom stereocenters. The first-order chi connectivity index (χ1) is 21.4. The predicted molar refractivity (Wildman–Crippen MR) is 169 cm³/mol. The molecule has 0 spiro atoms. The third kappa shape index (κ3) is 12.8. The van der Waals surface area contributed by atoms with E-state index in [1.807, 2.05) is 36.4 Å². The first-order valence-corrected chi connectivity index (χ1v) is 16.8. The summed E-state index contributed by atoms with van der Waals surface area (Å²) in [6, 6.07) is 34.7. The fourth-order valence-corrected chi connectivity index (χ4v) is 5.40. The number of benzene rings is 4. The highest BCUT2D eigenvalue weighted by atomic mass is 32.2. The minimum Gasteiger partial charge on any atom is -0.348 e. The van der Waals surface area contributed by atoms with E-state index >= 15 is 0 Å². The molecule has 45 heavy (non-hydrogen) atoms. The highest BCUT2D eigenvalue weighted by molar-refractivity contribution is 7.86. The van der Waals surface area contributed by atoms with Gasteiger partial charge in [-0.1, -0.05) is 97.1 Å². The summed E-state index contributed by atoms with van der Waals surface area (Å²) in [6.07, 6.45) is 0.759. The van der Waals surface area contributed by atoms with Gasteiger partial charge in [-0.25, -0.2) is 0 Å². The Morgan fingerprint density at radius 1 is 0.556 bits per heavy atom. The first-order valence-electron chi connectivity index (χ1n) is 13.9. The van der Waals surface area contributed by atoms with E-state index in [0.717, 1.165) is 0 Å². The molecule has 242 valence electrons. The summed E-state index contributed by atoms with van der Waals surface area (Å²) in [6.45, 7) is 0.337. The van der Waals surface area contributed by atoms with Gasteiger partial charge in [-0.05, 0) is 48.2 Å². The summed E-state index contributed by atoms with van der Waals surface area (Å²) < 4.78 is 75.5. The molecule has 13 heteroatoms. The maximum Gasteiger partial charge on any atom is 0.294 e. The lowest BCUT2D eigenvalue weighted by Crippen LogP contribution is -2.54. The second-order valence-electron chi connectivity index (χ2n) is 9.99. The Kier molecular flexibility index (Phi) is 14.3. The Labute approximate surface area is 264 Å². The quantitative estimate of drug-likeness (QED) is 0.202. The standard InChI is InChI=1S/C20H26N2O3.2C6H6O3S/c21-17(11-15-7-3-1-4-8-15)19-20(25-14-23-13-24-19)18(22)12-16-9-5-2-6-10-16;2*7-10(8,9)6-4-2-1-3-5-6/h1-10,17-20H,11-14,21-22H2;2*1-5H,(H,7,8,9)/t17?,18?,19-,20-;;/m0../s1. The monoisotopic (exact) mass is 658 g/mol. The molecule has 0 bridgehead atoms. The lowest BCUT2D eigenvalue weighted by atomic mass is 9.92. The second-order valence-corrected chi connectivity index (χ2v) is 12.8. The van der Waals surface area contributed by atoms with Crippen LogP contribution < -0.4 is 11.5 Å². The van der Waals surface area contributed by atoms with Crippen LogP contribution in [0.15, 0.2) is 131 Å². The number of nitrogens with two attached hydrogens (primary N) is 2. The van der Waals surface area contributed by atoms with Crippen molar-refractivity contribution in [3.63, 3.8) is 0 Å². The average molecular weight is 659 g/mol. The van der Waals surface area contributed by atoms with Crippen LogP contribution in [0.2, 0.25) is 0 Å². The van der Waals surface area contributed by atoms with Gasteiger partial charge in [0, 0.05) is 12.1 Å². The molecule has 4 atom stereocenters. The third-order valence-corrected chi connectivity index (χ3v) is 8.30. The summed E-state index contributed by atoms with van der Waals surface area (Å²) in [5.74, 6) is 0. The normalized spacial score (nSPS) is 18.1. The molecule has 4 aromatic carbocycles. The van der Waals surface area contributed by atoms with Gasteiger partial charge in [0.2, 0.25) is 0 Å². The summed E-state index contributed by atoms with van der Waals surface area (Å²) in [4.78, 5) is -0.148. The smallest absolute Gasteiger partial charge is 0.294 e. The van der Waals surface area contributed by atoms with Crippen LogP contribution in [0.4, 0.5) is 0 Å². The van der Waals surface area contributed by atoms with E-state index in [1.165, 1.54) is 35.4 Å². The SMILES string of the molecule is NC(Cc1ccccc1)[C@@H]1OCOCO[C@H]1C(N)Cc1ccccc1.O=S(=O)(O)c1ccccc1.O=S(=O)(O)c1ccccc1. The van der Waals surface area contributed by atoms with Gasteiger partial charge in [-0.2, -0.15) is 16.8 Å². The molecule has 0 amide bonds. The fraction of sp³-hybridized carbons (Fsp3) is 0.250. The molecule has 5 rings (SSSR count). The number of hydrogen-bond donors (Lipinski definition) is 4. The van der Waals surface area contributed by atoms with Gasteiger partial charge in [-0.3, -0.25) is 9.11 Å². The van der Waals surface area contributed by atoms with E-state index in [9.17, 15) is 16.8 Å². The Morgan fingerprint density at radius 3 is 1.11 bits per heavy atom. The molecule has 1 aliphatic rings. The minimum absolute atomic E-state index is 0.0741. The van der Waals surface area contributed by atoms with Gasteiger partial charge in [0.15, 0.2) is 0 Å². The van der Waals surface area contributed by atoms with Gasteiger partial charge in [-0.15, -0.1) is 0 Å². The molecule has 0 aromatic heterocycles. The van der Waals surface area contributed by atoms with Crippen LogP contribution in [0, 0.1) is 0 Å². The molecule has 1 saturated heterocycles.